The van der Waals surface area contributed by atoms with E-state index in [0.717, 1.165) is 5.56 Å². The summed E-state index contributed by atoms with van der Waals surface area (Å²) >= 11 is 3.02. The molecule has 0 heterocycles. The van der Waals surface area contributed by atoms with Crippen LogP contribution in [0.5, 0.6) is 0 Å². The second-order valence-corrected chi connectivity index (χ2v) is 4.92. The van der Waals surface area contributed by atoms with Crippen LogP contribution < -0.4 is 0 Å². The lowest BCUT2D eigenvalue weighted by Crippen LogP contribution is -2.09. The maximum absolute atomic E-state index is 13.0. The molecule has 2 nitrogen and oxygen atoms in total. The first kappa shape index (κ1) is 14.7. The molecule has 0 saturated heterocycles. The maximum atomic E-state index is 13.0. The van der Waals surface area contributed by atoms with Crippen LogP contribution >= 0.6 is 15.9 Å². The molecule has 0 aromatic heterocycles. The van der Waals surface area contributed by atoms with Crippen molar-refractivity contribution in [3.8, 4) is 0 Å². The van der Waals surface area contributed by atoms with Crippen molar-refractivity contribution in [2.75, 3.05) is 0 Å². The largest absolute Gasteiger partial charge is 0.457 e. The highest BCUT2D eigenvalue weighted by molar-refractivity contribution is 9.10. The number of hydrogen-bond acceptors (Lipinski definition) is 2. The minimum absolute atomic E-state index is 0.0505. The van der Waals surface area contributed by atoms with Gasteiger partial charge in [-0.3, -0.25) is 0 Å². The van der Waals surface area contributed by atoms with E-state index in [2.05, 4.69) is 15.9 Å². The number of alkyl halides is 2. The van der Waals surface area contributed by atoms with Crippen molar-refractivity contribution in [1.29, 1.82) is 0 Å². The van der Waals surface area contributed by atoms with E-state index < -0.39 is 12.4 Å². The van der Waals surface area contributed by atoms with Gasteiger partial charge >= 0.3 is 5.97 Å². The second-order valence-electron chi connectivity index (χ2n) is 4.06. The van der Waals surface area contributed by atoms with Crippen molar-refractivity contribution >= 4 is 21.9 Å². The summed E-state index contributed by atoms with van der Waals surface area (Å²) in [7, 11) is 0. The molecule has 0 fully saturated rings. The number of carbonyl (C=O) groups is 1. The molecule has 2 aromatic rings. The Balaban J connectivity index is 2.16. The van der Waals surface area contributed by atoms with E-state index in [1.807, 2.05) is 18.2 Å². The Morgan fingerprint density at radius 3 is 2.45 bits per heavy atom. The summed E-state index contributed by atoms with van der Waals surface area (Å²) < 4.78 is 31.2. The quantitative estimate of drug-likeness (QED) is 0.751. The van der Waals surface area contributed by atoms with Gasteiger partial charge in [-0.2, -0.15) is 0 Å². The van der Waals surface area contributed by atoms with Crippen LogP contribution in [-0.4, -0.2) is 5.97 Å². The molecule has 0 unspecified atom stereocenters. The first-order valence-corrected chi connectivity index (χ1v) is 6.66. The molecule has 0 aliphatic rings. The highest BCUT2D eigenvalue weighted by Crippen LogP contribution is 2.31. The van der Waals surface area contributed by atoms with Crippen LogP contribution in [0.4, 0.5) is 8.78 Å². The zero-order valence-corrected chi connectivity index (χ0v) is 11.9. The predicted molar refractivity (Wildman–Crippen MR) is 74.7 cm³/mol. The van der Waals surface area contributed by atoms with Gasteiger partial charge in [-0.15, -0.1) is 0 Å². The molecule has 0 spiro atoms. The third-order valence-corrected chi connectivity index (χ3v) is 3.40. The highest BCUT2D eigenvalue weighted by atomic mass is 79.9. The molecule has 2 rings (SSSR count). The maximum Gasteiger partial charge on any atom is 0.338 e. The normalized spacial score (nSPS) is 10.6. The van der Waals surface area contributed by atoms with E-state index in [1.54, 1.807) is 12.1 Å². The van der Waals surface area contributed by atoms with Crippen LogP contribution in [0.15, 0.2) is 53.0 Å². The fraction of sp³-hybridized carbons (Fsp3) is 0.133. The van der Waals surface area contributed by atoms with Gasteiger partial charge in [-0.1, -0.05) is 52.3 Å². The van der Waals surface area contributed by atoms with Gasteiger partial charge < -0.3 is 4.74 Å². The smallest absolute Gasteiger partial charge is 0.338 e. The lowest BCUT2D eigenvalue weighted by atomic mass is 10.1. The molecule has 0 saturated carbocycles. The first-order chi connectivity index (χ1) is 9.59. The standard InChI is InChI=1S/C15H11BrF2O2/c16-12-8-4-7-11(13(12)14(17)18)15(19)20-9-10-5-2-1-3-6-10/h1-8,14H,9H2. The van der Waals surface area contributed by atoms with Gasteiger partial charge in [0.15, 0.2) is 0 Å². The SMILES string of the molecule is O=C(OCc1ccccc1)c1cccc(Br)c1C(F)F. The summed E-state index contributed by atoms with van der Waals surface area (Å²) in [6.45, 7) is 0.0505. The van der Waals surface area contributed by atoms with Crippen LogP contribution in [0.25, 0.3) is 0 Å². The molecule has 20 heavy (non-hydrogen) atoms. The second kappa shape index (κ2) is 6.61. The lowest BCUT2D eigenvalue weighted by molar-refractivity contribution is 0.0462. The van der Waals surface area contributed by atoms with Gasteiger partial charge in [0.2, 0.25) is 0 Å². The number of hydrogen-bond donors (Lipinski definition) is 0. The van der Waals surface area contributed by atoms with E-state index in [0.29, 0.717) is 0 Å². The number of benzene rings is 2. The summed E-state index contributed by atoms with van der Waals surface area (Å²) in [4.78, 5) is 11.9. The van der Waals surface area contributed by atoms with Gasteiger partial charge in [-0.25, -0.2) is 13.6 Å². The first-order valence-electron chi connectivity index (χ1n) is 5.87. The van der Waals surface area contributed by atoms with E-state index >= 15 is 0 Å². The van der Waals surface area contributed by atoms with Crippen LogP contribution in [0, 0.1) is 0 Å². The average molecular weight is 341 g/mol. The molecule has 5 heteroatoms. The minimum Gasteiger partial charge on any atom is -0.457 e. The number of ether oxygens (including phenoxy) is 1. The van der Waals surface area contributed by atoms with Crippen molar-refractivity contribution < 1.29 is 18.3 Å². The van der Waals surface area contributed by atoms with Crippen LogP contribution in [0.2, 0.25) is 0 Å². The molecule has 2 aromatic carbocycles. The van der Waals surface area contributed by atoms with Gasteiger partial charge in [0, 0.05) is 10.0 Å². The molecular weight excluding hydrogens is 330 g/mol. The van der Waals surface area contributed by atoms with Gasteiger partial charge in [0.1, 0.15) is 6.61 Å². The lowest BCUT2D eigenvalue weighted by Gasteiger charge is -2.10. The van der Waals surface area contributed by atoms with E-state index in [-0.39, 0.29) is 22.2 Å². The third kappa shape index (κ3) is 3.42. The molecular formula is C15H11BrF2O2. The van der Waals surface area contributed by atoms with Gasteiger partial charge in [-0.05, 0) is 17.7 Å². The zero-order valence-electron chi connectivity index (χ0n) is 10.4. The van der Waals surface area contributed by atoms with Crippen molar-refractivity contribution in [3.63, 3.8) is 0 Å². The van der Waals surface area contributed by atoms with Crippen molar-refractivity contribution in [1.82, 2.24) is 0 Å². The van der Waals surface area contributed by atoms with Crippen molar-refractivity contribution in [2.45, 2.75) is 13.0 Å². The zero-order chi connectivity index (χ0) is 14.5. The average Bonchev–Trinajstić information content (AvgIpc) is 2.45. The Kier molecular flexibility index (Phi) is 4.84. The Bertz CT molecular complexity index is 600. The van der Waals surface area contributed by atoms with Gasteiger partial charge in [0.05, 0.1) is 5.56 Å². The Morgan fingerprint density at radius 1 is 1.10 bits per heavy atom. The number of rotatable bonds is 4. The Hall–Kier alpha value is -1.75. The van der Waals surface area contributed by atoms with Crippen LogP contribution in [0.1, 0.15) is 27.9 Å². The molecule has 104 valence electrons. The summed E-state index contributed by atoms with van der Waals surface area (Å²) in [5.74, 6) is -0.759. The summed E-state index contributed by atoms with van der Waals surface area (Å²) in [6.07, 6.45) is -2.75. The molecule has 0 atom stereocenters. The number of halogens is 3. The molecule has 0 radical (unpaired) electrons. The third-order valence-electron chi connectivity index (χ3n) is 2.70. The van der Waals surface area contributed by atoms with Gasteiger partial charge in [0.25, 0.3) is 6.43 Å². The summed E-state index contributed by atoms with van der Waals surface area (Å²) in [6, 6.07) is 13.4. The Morgan fingerprint density at radius 2 is 1.80 bits per heavy atom. The van der Waals surface area contributed by atoms with E-state index in [9.17, 15) is 13.6 Å². The summed E-state index contributed by atoms with van der Waals surface area (Å²) in [5.41, 5.74) is 0.338. The van der Waals surface area contributed by atoms with Crippen LogP contribution in [-0.2, 0) is 11.3 Å². The number of carbonyl (C=O) groups excluding carboxylic acids is 1. The van der Waals surface area contributed by atoms with Crippen LogP contribution in [0.3, 0.4) is 0 Å². The fourth-order valence-corrected chi connectivity index (χ4v) is 2.28. The molecule has 0 amide bonds. The molecule has 0 aliphatic carbocycles. The van der Waals surface area contributed by atoms with Crippen molar-refractivity contribution in [3.05, 3.63) is 69.7 Å². The monoisotopic (exact) mass is 340 g/mol. The number of esters is 1. The molecule has 0 aliphatic heterocycles. The Labute approximate surface area is 123 Å². The molecule has 0 N–H and O–H groups in total. The fourth-order valence-electron chi connectivity index (χ4n) is 1.74. The van der Waals surface area contributed by atoms with Crippen molar-refractivity contribution in [2.24, 2.45) is 0 Å². The highest BCUT2D eigenvalue weighted by Gasteiger charge is 2.22. The minimum atomic E-state index is -2.75. The van der Waals surface area contributed by atoms with E-state index in [1.165, 1.54) is 18.2 Å². The molecule has 0 bridgehead atoms. The summed E-state index contributed by atoms with van der Waals surface area (Å²) in [5, 5.41) is 0. The van der Waals surface area contributed by atoms with E-state index in [4.69, 9.17) is 4.74 Å². The topological polar surface area (TPSA) is 26.3 Å². The predicted octanol–water partition coefficient (Wildman–Crippen LogP) is 4.74.